The van der Waals surface area contributed by atoms with Crippen LogP contribution in [0.25, 0.3) is 0 Å². The molecule has 9 nitrogen and oxygen atoms in total. The van der Waals surface area contributed by atoms with Crippen molar-refractivity contribution >= 4 is 20.8 Å². The lowest BCUT2D eigenvalue weighted by molar-refractivity contribution is -0.171. The molecular weight excluding hydrogens is 532 g/mol. The van der Waals surface area contributed by atoms with Crippen molar-refractivity contribution in [1.29, 1.82) is 0 Å². The van der Waals surface area contributed by atoms with Crippen molar-refractivity contribution in [3.8, 4) is 0 Å². The van der Waals surface area contributed by atoms with Crippen LogP contribution in [-0.2, 0) is 29.2 Å². The molecule has 0 radical (unpaired) electrons. The number of allylic oxidation sites excluding steroid dienone is 1. The van der Waals surface area contributed by atoms with Crippen molar-refractivity contribution in [2.24, 2.45) is 46.3 Å². The minimum absolute atomic E-state index is 0.00275. The predicted molar refractivity (Wildman–Crippen MR) is 143 cm³/mol. The fraction of sp³-hybridized carbons (Fsp3) is 0.926. The highest BCUT2D eigenvalue weighted by Crippen LogP contribution is 2.68. The summed E-state index contributed by atoms with van der Waals surface area (Å²) in [5.74, 6) is 1.64. The molecule has 0 saturated heterocycles. The van der Waals surface area contributed by atoms with Crippen molar-refractivity contribution in [3.05, 3.63) is 12.2 Å². The van der Waals surface area contributed by atoms with E-state index in [1.807, 2.05) is 6.92 Å². The molecule has 0 heterocycles. The largest absolute Gasteiger partial charge is 0.397 e. The van der Waals surface area contributed by atoms with Crippen LogP contribution in [0.5, 0.6) is 0 Å². The molecule has 4 aliphatic rings. The third kappa shape index (κ3) is 6.19. The van der Waals surface area contributed by atoms with Gasteiger partial charge in [0.2, 0.25) is 0 Å². The Morgan fingerprint density at radius 1 is 0.921 bits per heavy atom. The van der Waals surface area contributed by atoms with Crippen LogP contribution < -0.4 is 0 Å². The second-order valence-corrected chi connectivity index (χ2v) is 15.3. The lowest BCUT2D eigenvalue weighted by Gasteiger charge is -2.62. The maximum Gasteiger partial charge on any atom is 0.397 e. The average molecular weight is 579 g/mol. The fourth-order valence-electron chi connectivity index (χ4n) is 9.62. The Morgan fingerprint density at radius 3 is 2.18 bits per heavy atom. The molecule has 10 atom stereocenters. The summed E-state index contributed by atoms with van der Waals surface area (Å²) in [7, 11) is -9.13. The molecule has 0 spiro atoms. The monoisotopic (exact) mass is 578 g/mol. The summed E-state index contributed by atoms with van der Waals surface area (Å²) in [6, 6.07) is 0. The molecule has 38 heavy (non-hydrogen) atoms. The van der Waals surface area contributed by atoms with E-state index in [0.29, 0.717) is 30.1 Å². The first-order chi connectivity index (χ1) is 17.6. The molecule has 0 aromatic heterocycles. The van der Waals surface area contributed by atoms with E-state index in [4.69, 9.17) is 8.37 Å². The summed E-state index contributed by atoms with van der Waals surface area (Å²) in [5.41, 5.74) is 1.01. The van der Waals surface area contributed by atoms with E-state index in [0.717, 1.165) is 69.8 Å². The van der Waals surface area contributed by atoms with E-state index in [9.17, 15) is 31.0 Å². The van der Waals surface area contributed by atoms with Crippen LogP contribution in [-0.4, -0.2) is 49.9 Å². The lowest BCUT2D eigenvalue weighted by Crippen LogP contribution is -2.59. The van der Waals surface area contributed by atoms with Gasteiger partial charge in [0.1, 0.15) is 6.10 Å². The van der Waals surface area contributed by atoms with E-state index in [2.05, 4.69) is 20.4 Å². The number of aliphatic hydroxyl groups is 1. The van der Waals surface area contributed by atoms with Gasteiger partial charge in [-0.25, -0.2) is 8.37 Å². The van der Waals surface area contributed by atoms with E-state index in [1.165, 1.54) is 0 Å². The fourth-order valence-corrected chi connectivity index (χ4v) is 10.5. The summed E-state index contributed by atoms with van der Waals surface area (Å²) in [6.07, 6.45) is 7.73. The highest BCUT2D eigenvalue weighted by molar-refractivity contribution is 7.81. The molecule has 0 aromatic carbocycles. The number of hydrogen-bond donors (Lipinski definition) is 3. The first kappa shape index (κ1) is 30.4. The SMILES string of the molecule is C=C(C)CCC[C@@H](COS(=O)(=O)O)[C@H]1CC[C@H]2[C@@H]3CCC4[C@H](O)[C@H](OS(=O)(=O)O)CC[C@]4(C)[C@H]3CC[C@]12C. The van der Waals surface area contributed by atoms with Crippen LogP contribution in [0, 0.1) is 46.3 Å². The standard InChI is InChI=1S/C27H46O9S2/c1-17(2)6-5-7-18(16-35-37(29,30)31)20-10-11-21-19-8-9-23-25(28)24(36-38(32,33)34)13-15-27(23,4)22(19)12-14-26(20,21)3/h18-25,28H,1,5-16H2,2-4H3,(H,29,30,31)(H,32,33,34)/t18-,19-,20+,21-,22-,23?,24+,25-,26+,27+/m0/s1. The highest BCUT2D eigenvalue weighted by atomic mass is 32.3. The second kappa shape index (κ2) is 11.0. The quantitative estimate of drug-likeness (QED) is 0.241. The normalized spacial score (nSPS) is 42.1. The van der Waals surface area contributed by atoms with Crippen molar-refractivity contribution in [1.82, 2.24) is 0 Å². The lowest BCUT2D eigenvalue weighted by atomic mass is 9.44. The van der Waals surface area contributed by atoms with Crippen LogP contribution >= 0.6 is 0 Å². The highest BCUT2D eigenvalue weighted by Gasteiger charge is 2.62. The second-order valence-electron chi connectivity index (χ2n) is 13.2. The molecule has 3 N–H and O–H groups in total. The zero-order valence-electron chi connectivity index (χ0n) is 22.9. The minimum atomic E-state index is -4.63. The molecule has 220 valence electrons. The van der Waals surface area contributed by atoms with Gasteiger partial charge in [-0.1, -0.05) is 19.4 Å². The average Bonchev–Trinajstić information content (AvgIpc) is 3.14. The number of fused-ring (bicyclic) bond motifs is 5. The Bertz CT molecular complexity index is 1090. The molecule has 0 aliphatic heterocycles. The van der Waals surface area contributed by atoms with Gasteiger partial charge in [0, 0.05) is 0 Å². The number of hydrogen-bond acceptors (Lipinski definition) is 7. The summed E-state index contributed by atoms with van der Waals surface area (Å²) in [4.78, 5) is 0. The Hall–Kier alpha value is -0.560. The van der Waals surface area contributed by atoms with Crippen molar-refractivity contribution in [2.75, 3.05) is 6.61 Å². The van der Waals surface area contributed by atoms with Gasteiger partial charge < -0.3 is 5.11 Å². The minimum Gasteiger partial charge on any atom is -0.390 e. The molecule has 4 aliphatic carbocycles. The van der Waals surface area contributed by atoms with E-state index in [-0.39, 0.29) is 29.3 Å². The molecule has 0 bridgehead atoms. The Balaban J connectivity index is 1.51. The molecule has 4 fully saturated rings. The van der Waals surface area contributed by atoms with Crippen molar-refractivity contribution in [2.45, 2.75) is 104 Å². The van der Waals surface area contributed by atoms with E-state index < -0.39 is 33.0 Å². The van der Waals surface area contributed by atoms with Gasteiger partial charge in [0.25, 0.3) is 0 Å². The van der Waals surface area contributed by atoms with Crippen LogP contribution in [0.3, 0.4) is 0 Å². The predicted octanol–water partition coefficient (Wildman–Crippen LogP) is 4.99. The van der Waals surface area contributed by atoms with Gasteiger partial charge >= 0.3 is 20.8 Å². The van der Waals surface area contributed by atoms with Crippen LogP contribution in [0.4, 0.5) is 0 Å². The van der Waals surface area contributed by atoms with Gasteiger partial charge in [0.15, 0.2) is 0 Å². The molecule has 4 rings (SSSR count). The van der Waals surface area contributed by atoms with Crippen molar-refractivity contribution in [3.63, 3.8) is 0 Å². The third-order valence-corrected chi connectivity index (χ3v) is 12.1. The van der Waals surface area contributed by atoms with Crippen LogP contribution in [0.1, 0.15) is 91.4 Å². The zero-order valence-corrected chi connectivity index (χ0v) is 24.6. The van der Waals surface area contributed by atoms with E-state index >= 15 is 0 Å². The van der Waals surface area contributed by atoms with Gasteiger partial charge in [-0.3, -0.25) is 9.11 Å². The van der Waals surface area contributed by atoms with Gasteiger partial charge in [0.05, 0.1) is 12.7 Å². The molecule has 1 unspecified atom stereocenters. The third-order valence-electron chi connectivity index (χ3n) is 11.2. The molecular formula is C27H46O9S2. The first-order valence-corrected chi connectivity index (χ1v) is 16.9. The Kier molecular flexibility index (Phi) is 8.82. The molecule has 0 aromatic rings. The zero-order chi connectivity index (χ0) is 28.1. The topological polar surface area (TPSA) is 147 Å². The van der Waals surface area contributed by atoms with Gasteiger partial charge in [-0.2, -0.15) is 16.8 Å². The maximum atomic E-state index is 11.4. The molecule has 0 amide bonds. The number of aliphatic hydroxyl groups excluding tert-OH is 1. The Morgan fingerprint density at radius 2 is 1.55 bits per heavy atom. The number of rotatable bonds is 10. The van der Waals surface area contributed by atoms with Gasteiger partial charge in [-0.15, -0.1) is 6.58 Å². The smallest absolute Gasteiger partial charge is 0.390 e. The van der Waals surface area contributed by atoms with E-state index in [1.54, 1.807) is 0 Å². The van der Waals surface area contributed by atoms with Crippen LogP contribution in [0.15, 0.2) is 12.2 Å². The molecule has 4 saturated carbocycles. The summed E-state index contributed by atoms with van der Waals surface area (Å²) < 4.78 is 73.7. The van der Waals surface area contributed by atoms with Crippen LogP contribution in [0.2, 0.25) is 0 Å². The van der Waals surface area contributed by atoms with Gasteiger partial charge in [-0.05, 0) is 124 Å². The summed E-state index contributed by atoms with van der Waals surface area (Å²) >= 11 is 0. The Labute approximate surface area is 228 Å². The summed E-state index contributed by atoms with van der Waals surface area (Å²) in [5, 5.41) is 11.1. The first-order valence-electron chi connectivity index (χ1n) is 14.1. The molecule has 11 heteroatoms. The van der Waals surface area contributed by atoms with Crippen molar-refractivity contribution < 1.29 is 39.4 Å². The maximum absolute atomic E-state index is 11.4. The summed E-state index contributed by atoms with van der Waals surface area (Å²) in [6.45, 7) is 10.6.